The van der Waals surface area contributed by atoms with Crippen molar-refractivity contribution < 1.29 is 9.47 Å². The summed E-state index contributed by atoms with van der Waals surface area (Å²) in [6, 6.07) is 8.75. The van der Waals surface area contributed by atoms with Crippen LogP contribution in [0.3, 0.4) is 0 Å². The number of aromatic nitrogens is 10. The van der Waals surface area contributed by atoms with Gasteiger partial charge >= 0.3 is 0 Å². The summed E-state index contributed by atoms with van der Waals surface area (Å²) in [6.45, 7) is 10.8. The molecular weight excluding hydrogens is 660 g/mol. The van der Waals surface area contributed by atoms with E-state index in [0.717, 1.165) is 84.3 Å². The standard InChI is InChI=1S/2C18H21N7O/c2*1-2-12-8-24(18(4-5-19)10-26-11-18)9-13(12)17-23-22-15-7-21-16-14(25(15)17)3-6-20-16/h2*3,6-7,12-13,20H,2,4,8-11H2,1H3/t12-,13?;12-,13+/m01/s1. The summed E-state index contributed by atoms with van der Waals surface area (Å²) in [5, 5.41) is 36.4. The molecule has 4 aliphatic rings. The molecule has 4 fully saturated rings. The fraction of sp³-hybridized carbons (Fsp3) is 0.556. The molecule has 10 rings (SSSR count). The van der Waals surface area contributed by atoms with Crippen LogP contribution >= 0.6 is 0 Å². The van der Waals surface area contributed by atoms with Crippen LogP contribution < -0.4 is 0 Å². The highest BCUT2D eigenvalue weighted by molar-refractivity contribution is 5.75. The lowest BCUT2D eigenvalue weighted by molar-refractivity contribution is -0.132. The molecule has 16 nitrogen and oxygen atoms in total. The predicted octanol–water partition coefficient (Wildman–Crippen LogP) is 3.43. The van der Waals surface area contributed by atoms with Gasteiger partial charge in [-0.25, -0.2) is 9.97 Å². The van der Waals surface area contributed by atoms with Gasteiger partial charge in [0.15, 0.2) is 22.6 Å². The summed E-state index contributed by atoms with van der Waals surface area (Å²) in [4.78, 5) is 20.0. The van der Waals surface area contributed by atoms with E-state index in [2.05, 4.69) is 84.9 Å². The minimum Gasteiger partial charge on any atom is -0.377 e. The molecule has 52 heavy (non-hydrogen) atoms. The normalized spacial score (nSPS) is 25.5. The quantitative estimate of drug-likeness (QED) is 0.235. The Kier molecular flexibility index (Phi) is 8.15. The zero-order chi connectivity index (χ0) is 35.5. The summed E-state index contributed by atoms with van der Waals surface area (Å²) in [6.07, 6.45) is 10.5. The molecule has 0 aromatic carbocycles. The molecule has 0 spiro atoms. The van der Waals surface area contributed by atoms with Gasteiger partial charge in [0, 0.05) is 50.4 Å². The number of hydrogen-bond acceptors (Lipinski definition) is 12. The molecule has 268 valence electrons. The Morgan fingerprint density at radius 3 is 1.50 bits per heavy atom. The second-order valence-electron chi connectivity index (χ2n) is 14.9. The summed E-state index contributed by atoms with van der Waals surface area (Å²) in [5.74, 6) is 3.53. The highest BCUT2D eigenvalue weighted by Crippen LogP contribution is 2.42. The maximum Gasteiger partial charge on any atom is 0.179 e. The summed E-state index contributed by atoms with van der Waals surface area (Å²) in [5.41, 5.74) is 5.01. The van der Waals surface area contributed by atoms with Gasteiger partial charge < -0.3 is 19.4 Å². The second kappa shape index (κ2) is 12.9. The molecule has 1 unspecified atom stereocenters. The molecule has 4 aliphatic heterocycles. The van der Waals surface area contributed by atoms with Crippen LogP contribution in [0, 0.1) is 34.5 Å². The number of likely N-dealkylation sites (tertiary alicyclic amines) is 2. The predicted molar refractivity (Wildman–Crippen MR) is 189 cm³/mol. The first-order chi connectivity index (χ1) is 25.5. The van der Waals surface area contributed by atoms with Crippen molar-refractivity contribution in [3.8, 4) is 12.1 Å². The first kappa shape index (κ1) is 32.9. The molecule has 0 saturated carbocycles. The van der Waals surface area contributed by atoms with Crippen LogP contribution in [0.1, 0.15) is 63.0 Å². The Morgan fingerprint density at radius 1 is 0.692 bits per heavy atom. The molecule has 0 bridgehead atoms. The first-order valence-electron chi connectivity index (χ1n) is 18.2. The van der Waals surface area contributed by atoms with E-state index in [4.69, 9.17) is 9.47 Å². The lowest BCUT2D eigenvalue weighted by atomic mass is 9.91. The second-order valence-corrected chi connectivity index (χ2v) is 14.9. The molecule has 0 radical (unpaired) electrons. The van der Waals surface area contributed by atoms with Crippen LogP contribution in [0.5, 0.6) is 0 Å². The van der Waals surface area contributed by atoms with E-state index in [-0.39, 0.29) is 22.9 Å². The number of hydrogen-bond donors (Lipinski definition) is 2. The van der Waals surface area contributed by atoms with E-state index in [9.17, 15) is 10.5 Å². The van der Waals surface area contributed by atoms with Gasteiger partial charge in [-0.1, -0.05) is 26.7 Å². The van der Waals surface area contributed by atoms with Gasteiger partial charge in [-0.3, -0.25) is 18.6 Å². The molecule has 0 aliphatic carbocycles. The zero-order valence-electron chi connectivity index (χ0n) is 29.4. The average Bonchev–Trinajstić information content (AvgIpc) is 3.97. The number of ether oxygens (including phenoxy) is 2. The van der Waals surface area contributed by atoms with Crippen molar-refractivity contribution >= 4 is 33.6 Å². The number of nitriles is 2. The fourth-order valence-corrected chi connectivity index (χ4v) is 8.97. The fourth-order valence-electron chi connectivity index (χ4n) is 8.97. The van der Waals surface area contributed by atoms with Crippen LogP contribution in [0.15, 0.2) is 36.9 Å². The van der Waals surface area contributed by atoms with Crippen molar-refractivity contribution in [1.82, 2.24) is 58.9 Å². The maximum absolute atomic E-state index is 9.27. The number of aromatic amines is 2. The van der Waals surface area contributed by atoms with E-state index >= 15 is 0 Å². The lowest BCUT2D eigenvalue weighted by Crippen LogP contribution is -2.61. The minimum absolute atomic E-state index is 0.123. The molecule has 4 saturated heterocycles. The van der Waals surface area contributed by atoms with Gasteiger partial charge in [0.1, 0.15) is 11.6 Å². The summed E-state index contributed by atoms with van der Waals surface area (Å²) in [7, 11) is 0. The molecule has 16 heteroatoms. The van der Waals surface area contributed by atoms with Gasteiger partial charge in [0.25, 0.3) is 0 Å². The third-order valence-corrected chi connectivity index (χ3v) is 12.2. The topological polar surface area (TPSA) is 190 Å². The van der Waals surface area contributed by atoms with Gasteiger partial charge in [-0.2, -0.15) is 10.5 Å². The van der Waals surface area contributed by atoms with E-state index in [0.29, 0.717) is 51.1 Å². The van der Waals surface area contributed by atoms with Crippen LogP contribution in [-0.2, 0) is 9.47 Å². The van der Waals surface area contributed by atoms with Gasteiger partial charge in [0.05, 0.1) is 85.9 Å². The van der Waals surface area contributed by atoms with E-state index in [1.54, 1.807) is 12.4 Å². The third kappa shape index (κ3) is 5.08. The lowest BCUT2D eigenvalue weighted by Gasteiger charge is -2.47. The smallest absolute Gasteiger partial charge is 0.179 e. The highest BCUT2D eigenvalue weighted by atomic mass is 16.5. The Morgan fingerprint density at radius 2 is 1.13 bits per heavy atom. The average molecular weight is 703 g/mol. The van der Waals surface area contributed by atoms with Crippen LogP contribution in [0.4, 0.5) is 0 Å². The summed E-state index contributed by atoms with van der Waals surface area (Å²) < 4.78 is 15.2. The Hall–Kier alpha value is -5.00. The van der Waals surface area contributed by atoms with Crippen molar-refractivity contribution in [2.24, 2.45) is 11.8 Å². The molecule has 4 atom stereocenters. The highest BCUT2D eigenvalue weighted by Gasteiger charge is 2.51. The van der Waals surface area contributed by atoms with Crippen molar-refractivity contribution in [3.05, 3.63) is 48.6 Å². The van der Waals surface area contributed by atoms with Crippen LogP contribution in [0.25, 0.3) is 33.6 Å². The largest absolute Gasteiger partial charge is 0.377 e. The zero-order valence-corrected chi connectivity index (χ0v) is 29.4. The Bertz CT molecular complexity index is 2150. The van der Waals surface area contributed by atoms with Crippen LogP contribution in [-0.4, -0.2) is 123 Å². The van der Waals surface area contributed by atoms with E-state index in [1.807, 2.05) is 24.5 Å². The number of fused-ring (bicyclic) bond motifs is 6. The Labute approximate surface area is 299 Å². The number of rotatable bonds is 8. The summed E-state index contributed by atoms with van der Waals surface area (Å²) >= 11 is 0. The van der Waals surface area contributed by atoms with Gasteiger partial charge in [-0.05, 0) is 24.0 Å². The molecule has 6 aromatic heterocycles. The maximum atomic E-state index is 9.27. The molecule has 10 heterocycles. The third-order valence-electron chi connectivity index (χ3n) is 12.2. The van der Waals surface area contributed by atoms with Crippen molar-refractivity contribution in [3.63, 3.8) is 0 Å². The molecule has 6 aromatic rings. The molecule has 0 amide bonds. The number of nitrogens with zero attached hydrogens (tertiary/aromatic N) is 12. The SMILES string of the molecule is CC[C@@H]1CN(C2(CC#N)COC2)C[C@@H]1c1nnc2cnc3[nH]ccc3n12.CC[C@H]1CN(C2(CC#N)COC2)CC1c1nnc2cnc3[nH]ccc3n12. The molecule has 2 N–H and O–H groups in total. The monoisotopic (exact) mass is 702 g/mol. The van der Waals surface area contributed by atoms with E-state index < -0.39 is 0 Å². The first-order valence-corrected chi connectivity index (χ1v) is 18.2. The van der Waals surface area contributed by atoms with E-state index in [1.165, 1.54) is 0 Å². The minimum atomic E-state index is -0.123. The van der Waals surface area contributed by atoms with Gasteiger partial charge in [-0.15, -0.1) is 20.4 Å². The van der Waals surface area contributed by atoms with Crippen LogP contribution in [0.2, 0.25) is 0 Å². The van der Waals surface area contributed by atoms with Crippen molar-refractivity contribution in [1.29, 1.82) is 10.5 Å². The Balaban J connectivity index is 0.000000138. The number of H-pyrrole nitrogens is 2. The molecular formula is C36H42N14O2. The van der Waals surface area contributed by atoms with Crippen molar-refractivity contribution in [2.75, 3.05) is 52.6 Å². The van der Waals surface area contributed by atoms with Crippen molar-refractivity contribution in [2.45, 2.75) is 62.4 Å². The number of nitrogens with one attached hydrogen (secondary N) is 2. The van der Waals surface area contributed by atoms with Gasteiger partial charge in [0.2, 0.25) is 0 Å².